The number of carbonyl (C=O) groups excluding carboxylic acids is 1. The lowest BCUT2D eigenvalue weighted by Gasteiger charge is -2.33. The quantitative estimate of drug-likeness (QED) is 0.491. The summed E-state index contributed by atoms with van der Waals surface area (Å²) in [5, 5.41) is 9.86. The van der Waals surface area contributed by atoms with E-state index in [2.05, 4.69) is 36.6 Å². The van der Waals surface area contributed by atoms with Gasteiger partial charge in [0.25, 0.3) is 5.91 Å². The predicted molar refractivity (Wildman–Crippen MR) is 110 cm³/mol. The van der Waals surface area contributed by atoms with E-state index in [1.54, 1.807) is 24.3 Å². The molecule has 2 N–H and O–H groups in total. The van der Waals surface area contributed by atoms with Crippen molar-refractivity contribution in [2.45, 2.75) is 24.7 Å². The number of nitrogens with zero attached hydrogens (tertiary/aromatic N) is 3. The number of pyridine rings is 1. The Morgan fingerprint density at radius 2 is 1.97 bits per heavy atom. The molecule has 0 radical (unpaired) electrons. The van der Waals surface area contributed by atoms with Gasteiger partial charge in [0, 0.05) is 23.2 Å². The largest absolute Gasteiger partial charge is 0.410 e. The predicted octanol–water partition coefficient (Wildman–Crippen LogP) is 5.61. The van der Waals surface area contributed by atoms with Gasteiger partial charge in [0.1, 0.15) is 11.6 Å². The number of halogens is 5. The number of fused-ring (bicyclic) bond motifs is 1. The molecule has 11 heteroatoms. The zero-order valence-electron chi connectivity index (χ0n) is 15.1. The number of amides is 1. The second-order valence-corrected chi connectivity index (χ2v) is 8.07. The number of alkyl halides is 3. The van der Waals surface area contributed by atoms with E-state index in [1.165, 1.54) is 24.4 Å². The first-order chi connectivity index (χ1) is 14.2. The van der Waals surface area contributed by atoms with E-state index >= 15 is 0 Å². The van der Waals surface area contributed by atoms with Crippen molar-refractivity contribution in [1.29, 1.82) is 0 Å². The molecule has 3 heterocycles. The number of hydrogen-bond acceptors (Lipinski definition) is 4. The molecule has 4 rings (SSSR count). The Kier molecular flexibility index (Phi) is 5.46. The van der Waals surface area contributed by atoms with Crippen LogP contribution in [-0.2, 0) is 0 Å². The van der Waals surface area contributed by atoms with Crippen LogP contribution in [0, 0.1) is 0 Å². The van der Waals surface area contributed by atoms with Gasteiger partial charge in [-0.05, 0) is 29.8 Å². The number of benzene rings is 1. The normalized spacial score (nSPS) is 18.4. The minimum Gasteiger partial charge on any atom is -0.363 e. The second kappa shape index (κ2) is 7.92. The minimum atomic E-state index is -4.53. The standard InChI is InChI=1S/C19H14BrClF3N5O/c20-11-3-1-10(2-4-11)13-7-15(19(22,23)24)29-17(26-13)8-14(28-29)18(30)27-16-6-5-12(21)9-25-16/h1-6,8-9,13,15,26H,7H2,(H,25,27,30). The number of hydrogen-bond donors (Lipinski definition) is 2. The Bertz CT molecular complexity index is 1070. The number of rotatable bonds is 3. The number of anilines is 2. The van der Waals surface area contributed by atoms with Crippen molar-refractivity contribution in [2.24, 2.45) is 0 Å². The topological polar surface area (TPSA) is 71.8 Å². The fourth-order valence-electron chi connectivity index (χ4n) is 3.23. The lowest BCUT2D eigenvalue weighted by molar-refractivity contribution is -0.173. The smallest absolute Gasteiger partial charge is 0.363 e. The monoisotopic (exact) mass is 499 g/mol. The van der Waals surface area contributed by atoms with Crippen LogP contribution in [0.25, 0.3) is 0 Å². The summed E-state index contributed by atoms with van der Waals surface area (Å²) in [7, 11) is 0. The Labute approximate surface area is 182 Å². The summed E-state index contributed by atoms with van der Waals surface area (Å²) in [5.74, 6) is -0.344. The van der Waals surface area contributed by atoms with E-state index in [0.717, 1.165) is 9.15 Å². The van der Waals surface area contributed by atoms with Gasteiger partial charge in [-0.1, -0.05) is 39.7 Å². The van der Waals surface area contributed by atoms with Crippen molar-refractivity contribution in [2.75, 3.05) is 10.6 Å². The van der Waals surface area contributed by atoms with Crippen LogP contribution in [0.3, 0.4) is 0 Å². The van der Waals surface area contributed by atoms with Crippen LogP contribution in [-0.4, -0.2) is 26.8 Å². The second-order valence-electron chi connectivity index (χ2n) is 6.72. The molecule has 0 bridgehead atoms. The molecule has 2 unspecified atom stereocenters. The summed E-state index contributed by atoms with van der Waals surface area (Å²) in [5.41, 5.74) is 0.552. The summed E-state index contributed by atoms with van der Waals surface area (Å²) in [4.78, 5) is 16.4. The average molecular weight is 501 g/mol. The van der Waals surface area contributed by atoms with Gasteiger partial charge in [0.2, 0.25) is 0 Å². The molecule has 3 aromatic rings. The molecule has 1 aliphatic rings. The maximum absolute atomic E-state index is 13.7. The SMILES string of the molecule is O=C(Nc1ccc(Cl)cn1)c1cc2n(n1)C(C(F)(F)F)CC(c1ccc(Br)cc1)N2. The lowest BCUT2D eigenvalue weighted by Crippen LogP contribution is -2.35. The van der Waals surface area contributed by atoms with Crippen LogP contribution in [0.5, 0.6) is 0 Å². The maximum Gasteiger partial charge on any atom is 0.410 e. The van der Waals surface area contributed by atoms with Crippen LogP contribution < -0.4 is 10.6 Å². The maximum atomic E-state index is 13.7. The van der Waals surface area contributed by atoms with Crippen molar-refractivity contribution in [1.82, 2.24) is 14.8 Å². The third kappa shape index (κ3) is 4.29. The number of carbonyl (C=O) groups is 1. The fraction of sp³-hybridized carbons (Fsp3) is 0.211. The molecule has 156 valence electrons. The Hall–Kier alpha value is -2.59. The van der Waals surface area contributed by atoms with E-state index in [-0.39, 0.29) is 23.8 Å². The van der Waals surface area contributed by atoms with Crippen molar-refractivity contribution in [3.63, 3.8) is 0 Å². The molecule has 30 heavy (non-hydrogen) atoms. The van der Waals surface area contributed by atoms with Gasteiger partial charge < -0.3 is 10.6 Å². The lowest BCUT2D eigenvalue weighted by atomic mass is 9.97. The number of aromatic nitrogens is 3. The molecule has 0 spiro atoms. The van der Waals surface area contributed by atoms with Gasteiger partial charge >= 0.3 is 6.18 Å². The third-order valence-electron chi connectivity index (χ3n) is 4.66. The summed E-state index contributed by atoms with van der Waals surface area (Å²) < 4.78 is 42.9. The van der Waals surface area contributed by atoms with Gasteiger partial charge in [-0.2, -0.15) is 18.3 Å². The Morgan fingerprint density at radius 3 is 2.60 bits per heavy atom. The minimum absolute atomic E-state index is 0.116. The van der Waals surface area contributed by atoms with E-state index < -0.39 is 24.2 Å². The molecule has 0 fully saturated rings. The van der Waals surface area contributed by atoms with Crippen molar-refractivity contribution in [3.8, 4) is 0 Å². The van der Waals surface area contributed by atoms with E-state index in [0.29, 0.717) is 10.6 Å². The van der Waals surface area contributed by atoms with Gasteiger partial charge in [-0.25, -0.2) is 9.67 Å². The summed E-state index contributed by atoms with van der Waals surface area (Å²) in [6, 6.07) is 8.91. The van der Waals surface area contributed by atoms with E-state index in [1.807, 2.05) is 0 Å². The average Bonchev–Trinajstić information content (AvgIpc) is 3.13. The first-order valence-electron chi connectivity index (χ1n) is 8.82. The summed E-state index contributed by atoms with van der Waals surface area (Å²) in [6.07, 6.45) is -3.43. The zero-order chi connectivity index (χ0) is 21.5. The molecular weight excluding hydrogens is 487 g/mol. The third-order valence-corrected chi connectivity index (χ3v) is 5.42. The van der Waals surface area contributed by atoms with Crippen LogP contribution in [0.15, 0.2) is 53.1 Å². The van der Waals surface area contributed by atoms with Crippen molar-refractivity contribution >= 4 is 45.1 Å². The molecule has 6 nitrogen and oxygen atoms in total. The van der Waals surface area contributed by atoms with E-state index in [4.69, 9.17) is 11.6 Å². The Morgan fingerprint density at radius 1 is 1.23 bits per heavy atom. The fourth-order valence-corrected chi connectivity index (χ4v) is 3.60. The highest BCUT2D eigenvalue weighted by Gasteiger charge is 2.46. The van der Waals surface area contributed by atoms with E-state index in [9.17, 15) is 18.0 Å². The molecular formula is C19H14BrClF3N5O. The van der Waals surface area contributed by atoms with Crippen LogP contribution in [0.1, 0.15) is 34.6 Å². The molecule has 0 saturated heterocycles. The zero-order valence-corrected chi connectivity index (χ0v) is 17.5. The first kappa shape index (κ1) is 20.7. The molecule has 1 aromatic carbocycles. The van der Waals surface area contributed by atoms with Gasteiger partial charge in [-0.3, -0.25) is 4.79 Å². The summed E-state index contributed by atoms with van der Waals surface area (Å²) in [6.45, 7) is 0. The molecule has 2 atom stereocenters. The molecule has 0 saturated carbocycles. The number of nitrogens with one attached hydrogen (secondary N) is 2. The highest BCUT2D eigenvalue weighted by molar-refractivity contribution is 9.10. The highest BCUT2D eigenvalue weighted by atomic mass is 79.9. The molecule has 1 aliphatic heterocycles. The van der Waals surface area contributed by atoms with Crippen molar-refractivity contribution < 1.29 is 18.0 Å². The van der Waals surface area contributed by atoms with Crippen molar-refractivity contribution in [3.05, 3.63) is 69.4 Å². The molecule has 1 amide bonds. The van der Waals surface area contributed by atoms with Crippen LogP contribution in [0.2, 0.25) is 5.02 Å². The van der Waals surface area contributed by atoms with Gasteiger partial charge in [0.15, 0.2) is 11.7 Å². The summed E-state index contributed by atoms with van der Waals surface area (Å²) >= 11 is 9.07. The molecule has 2 aromatic heterocycles. The first-order valence-corrected chi connectivity index (χ1v) is 9.99. The van der Waals surface area contributed by atoms with Crippen LogP contribution >= 0.6 is 27.5 Å². The van der Waals surface area contributed by atoms with Crippen LogP contribution in [0.4, 0.5) is 24.8 Å². The van der Waals surface area contributed by atoms with Gasteiger partial charge in [-0.15, -0.1) is 0 Å². The Balaban J connectivity index is 1.63. The molecule has 0 aliphatic carbocycles. The highest BCUT2D eigenvalue weighted by Crippen LogP contribution is 2.43. The van der Waals surface area contributed by atoms with Gasteiger partial charge in [0.05, 0.1) is 11.1 Å².